The molecule has 30 valence electrons. The van der Waals surface area contributed by atoms with Gasteiger partial charge in [-0.1, -0.05) is 12.5 Å². The number of rotatable bonds is 2. The second-order valence-corrected chi connectivity index (χ2v) is 1.19. The molecule has 0 aromatic heterocycles. The van der Waals surface area contributed by atoms with Gasteiger partial charge in [0.05, 0.1) is 0 Å². The van der Waals surface area contributed by atoms with Gasteiger partial charge in [-0.05, 0) is 0 Å². The van der Waals surface area contributed by atoms with E-state index in [2.05, 4.69) is 19.2 Å². The van der Waals surface area contributed by atoms with Crippen LogP contribution in [0.15, 0.2) is 12.7 Å². The fraction of sp³-hybridized carbons (Fsp3) is 0.500. The Bertz CT molecular complexity index is 28.7. The first kappa shape index (κ1) is 10.1. The molecule has 0 aliphatic carbocycles. The van der Waals surface area contributed by atoms with Crippen LogP contribution in [0.2, 0.25) is 0 Å². The minimum Gasteiger partial charge on any atom is -0.792 e. The van der Waals surface area contributed by atoms with Crippen LogP contribution in [0.4, 0.5) is 0 Å². The van der Waals surface area contributed by atoms with Crippen LogP contribution in [0.5, 0.6) is 0 Å². The Morgan fingerprint density at radius 3 is 2.17 bits per heavy atom. The van der Waals surface area contributed by atoms with E-state index in [1.807, 2.05) is 6.08 Å². The Morgan fingerprint density at radius 1 is 1.67 bits per heavy atom. The molecule has 0 saturated heterocycles. The van der Waals surface area contributed by atoms with E-state index in [-0.39, 0.29) is 29.6 Å². The zero-order chi connectivity index (χ0) is 4.12. The third kappa shape index (κ3) is 8.92. The van der Waals surface area contributed by atoms with E-state index in [9.17, 15) is 0 Å². The van der Waals surface area contributed by atoms with E-state index in [0.29, 0.717) is 0 Å². The minimum absolute atomic E-state index is 0. The third-order valence-electron chi connectivity index (χ3n) is 0.322. The van der Waals surface area contributed by atoms with Gasteiger partial charge in [0, 0.05) is 0 Å². The molecule has 0 heterocycles. The van der Waals surface area contributed by atoms with Crippen LogP contribution < -0.4 is 29.6 Å². The average Bonchev–Trinajstić information content (AvgIpc) is 1.41. The van der Waals surface area contributed by atoms with Crippen molar-refractivity contribution in [3.05, 3.63) is 12.7 Å². The number of hydrogen-bond acceptors (Lipinski definition) is 1. The number of allylic oxidation sites excluding steroid dienone is 1. The molecule has 0 aliphatic rings. The van der Waals surface area contributed by atoms with Crippen molar-refractivity contribution in [2.45, 2.75) is 6.42 Å². The smallest absolute Gasteiger partial charge is 0.792 e. The van der Waals surface area contributed by atoms with Crippen molar-refractivity contribution in [1.29, 1.82) is 0 Å². The third-order valence-corrected chi connectivity index (χ3v) is 0.558. The Hall–Kier alpha value is 1.09. The molecule has 0 rings (SSSR count). The molecule has 0 fully saturated rings. The molecule has 0 unspecified atom stereocenters. The quantitative estimate of drug-likeness (QED) is 0.228. The Kier molecular flexibility index (Phi) is 16.0. The summed E-state index contributed by atoms with van der Waals surface area (Å²) in [4.78, 5) is 0. The molecule has 0 aliphatic heterocycles. The van der Waals surface area contributed by atoms with E-state index < -0.39 is 0 Å². The average molecular weight is 110 g/mol. The topological polar surface area (TPSA) is 0 Å². The summed E-state index contributed by atoms with van der Waals surface area (Å²) in [6.07, 6.45) is 2.79. The molecular formula is C4H7NaS. The second-order valence-electron chi connectivity index (χ2n) is 0.781. The molecule has 0 N–H and O–H groups in total. The summed E-state index contributed by atoms with van der Waals surface area (Å²) in [5, 5.41) is 0. The van der Waals surface area contributed by atoms with Crippen LogP contribution in [0, 0.1) is 0 Å². The van der Waals surface area contributed by atoms with Gasteiger partial charge < -0.3 is 12.6 Å². The molecule has 0 saturated carbocycles. The molecule has 0 atom stereocenters. The molecule has 0 aromatic carbocycles. The predicted molar refractivity (Wildman–Crippen MR) is 27.0 cm³/mol. The molecule has 0 radical (unpaired) electrons. The van der Waals surface area contributed by atoms with Crippen LogP contribution in [-0.4, -0.2) is 5.75 Å². The summed E-state index contributed by atoms with van der Waals surface area (Å²) in [6.45, 7) is 3.48. The fourth-order valence-corrected chi connectivity index (χ4v) is 0.250. The van der Waals surface area contributed by atoms with Gasteiger partial charge in [-0.2, -0.15) is 5.75 Å². The summed E-state index contributed by atoms with van der Waals surface area (Å²) in [5.74, 6) is 0.809. The molecule has 0 aromatic rings. The zero-order valence-electron chi connectivity index (χ0n) is 4.11. The van der Waals surface area contributed by atoms with Gasteiger partial charge in [0.15, 0.2) is 0 Å². The van der Waals surface area contributed by atoms with Gasteiger partial charge in [0.25, 0.3) is 0 Å². The van der Waals surface area contributed by atoms with Crippen LogP contribution >= 0.6 is 0 Å². The molecule has 6 heavy (non-hydrogen) atoms. The first-order valence-corrected chi connectivity index (χ1v) is 2.18. The first-order chi connectivity index (χ1) is 2.41. The van der Waals surface area contributed by atoms with Crippen molar-refractivity contribution in [1.82, 2.24) is 0 Å². The van der Waals surface area contributed by atoms with Crippen LogP contribution in [0.1, 0.15) is 6.42 Å². The molecule has 0 spiro atoms. The van der Waals surface area contributed by atoms with Crippen LogP contribution in [0.3, 0.4) is 0 Å². The molecular weight excluding hydrogens is 103 g/mol. The maximum Gasteiger partial charge on any atom is 1.00 e. The van der Waals surface area contributed by atoms with Gasteiger partial charge >= 0.3 is 29.6 Å². The zero-order valence-corrected chi connectivity index (χ0v) is 6.92. The van der Waals surface area contributed by atoms with Gasteiger partial charge in [-0.25, -0.2) is 0 Å². The van der Waals surface area contributed by atoms with E-state index in [1.54, 1.807) is 0 Å². The SMILES string of the molecule is C=CCC[S-].[Na+]. The maximum absolute atomic E-state index is 4.58. The van der Waals surface area contributed by atoms with E-state index >= 15 is 0 Å². The standard InChI is InChI=1S/C4H8S.Na/c1-2-3-4-5;/h2,5H,1,3-4H2;/q;+1/p-1. The summed E-state index contributed by atoms with van der Waals surface area (Å²) in [5.41, 5.74) is 0. The summed E-state index contributed by atoms with van der Waals surface area (Å²) < 4.78 is 0. The van der Waals surface area contributed by atoms with Gasteiger partial charge in [-0.15, -0.1) is 6.58 Å². The first-order valence-electron chi connectivity index (χ1n) is 1.61. The van der Waals surface area contributed by atoms with Gasteiger partial charge in [-0.3, -0.25) is 0 Å². The minimum atomic E-state index is 0. The summed E-state index contributed by atoms with van der Waals surface area (Å²) in [6, 6.07) is 0. The van der Waals surface area contributed by atoms with Crippen molar-refractivity contribution in [3.8, 4) is 0 Å². The van der Waals surface area contributed by atoms with Crippen molar-refractivity contribution < 1.29 is 29.6 Å². The maximum atomic E-state index is 4.58. The predicted octanol–water partition coefficient (Wildman–Crippen LogP) is -1.89. The molecule has 2 heteroatoms. The largest absolute Gasteiger partial charge is 1.00 e. The Balaban J connectivity index is 0. The van der Waals surface area contributed by atoms with Crippen molar-refractivity contribution in [3.63, 3.8) is 0 Å². The Labute approximate surface area is 66.7 Å². The van der Waals surface area contributed by atoms with Crippen molar-refractivity contribution >= 4 is 12.6 Å². The molecule has 0 bridgehead atoms. The summed E-state index contributed by atoms with van der Waals surface area (Å²) in [7, 11) is 0. The van der Waals surface area contributed by atoms with E-state index in [4.69, 9.17) is 0 Å². The number of hydrogen-bond donors (Lipinski definition) is 0. The monoisotopic (exact) mass is 110 g/mol. The summed E-state index contributed by atoms with van der Waals surface area (Å²) >= 11 is 4.58. The fourth-order valence-electron chi connectivity index (χ4n) is 0.0833. The second kappa shape index (κ2) is 9.43. The van der Waals surface area contributed by atoms with Gasteiger partial charge in [0.1, 0.15) is 0 Å². The van der Waals surface area contributed by atoms with E-state index in [1.165, 1.54) is 0 Å². The molecule has 0 nitrogen and oxygen atoms in total. The molecule has 0 amide bonds. The van der Waals surface area contributed by atoms with Crippen molar-refractivity contribution in [2.75, 3.05) is 5.75 Å². The van der Waals surface area contributed by atoms with E-state index in [0.717, 1.165) is 12.2 Å². The van der Waals surface area contributed by atoms with Crippen LogP contribution in [-0.2, 0) is 12.6 Å². The van der Waals surface area contributed by atoms with Crippen molar-refractivity contribution in [2.24, 2.45) is 0 Å². The van der Waals surface area contributed by atoms with Gasteiger partial charge in [0.2, 0.25) is 0 Å². The normalized spacial score (nSPS) is 6.17. The van der Waals surface area contributed by atoms with Crippen LogP contribution in [0.25, 0.3) is 0 Å². The Morgan fingerprint density at radius 2 is 2.17 bits per heavy atom.